The third-order valence-electron chi connectivity index (χ3n) is 5.02. The second kappa shape index (κ2) is 10.8. The molecule has 36 heavy (non-hydrogen) atoms. The summed E-state index contributed by atoms with van der Waals surface area (Å²) < 4.78 is 29.8. The van der Waals surface area contributed by atoms with E-state index >= 15 is 0 Å². The number of nitrogens with zero attached hydrogens (tertiary/aromatic N) is 2. The molecule has 0 aliphatic heterocycles. The minimum Gasteiger partial charge on any atom is -0.322 e. The molecule has 0 fully saturated rings. The van der Waals surface area contributed by atoms with Crippen molar-refractivity contribution in [2.24, 2.45) is 4.36 Å². The van der Waals surface area contributed by atoms with Gasteiger partial charge < -0.3 is 5.32 Å². The molecule has 0 radical (unpaired) electrons. The first-order valence-corrected chi connectivity index (χ1v) is 12.7. The smallest absolute Gasteiger partial charge is 0.286 e. The normalized spacial score (nSPS) is 11.9. The summed E-state index contributed by atoms with van der Waals surface area (Å²) in [5, 5.41) is 2.74. The topological polar surface area (TPSA) is 88.5 Å². The number of anilines is 1. The van der Waals surface area contributed by atoms with Crippen LogP contribution in [0.2, 0.25) is 0 Å². The zero-order valence-electron chi connectivity index (χ0n) is 19.1. The Morgan fingerprint density at radius 3 is 2.22 bits per heavy atom. The Morgan fingerprint density at radius 2 is 1.53 bits per heavy atom. The summed E-state index contributed by atoms with van der Waals surface area (Å²) in [5.74, 6) is 4.52. The van der Waals surface area contributed by atoms with Crippen molar-refractivity contribution in [3.8, 4) is 11.8 Å². The third-order valence-corrected chi connectivity index (χ3v) is 6.68. The molecule has 0 bridgehead atoms. The van der Waals surface area contributed by atoms with Crippen molar-refractivity contribution in [1.29, 1.82) is 0 Å². The minimum atomic E-state index is -2.89. The molecule has 0 aliphatic carbocycles. The number of halogens is 1. The Kier molecular flexibility index (Phi) is 7.33. The van der Waals surface area contributed by atoms with Gasteiger partial charge in [-0.1, -0.05) is 30.0 Å². The highest BCUT2D eigenvalue weighted by molar-refractivity contribution is 7.93. The van der Waals surface area contributed by atoms with Crippen LogP contribution in [0.3, 0.4) is 0 Å². The van der Waals surface area contributed by atoms with Crippen LogP contribution in [0.25, 0.3) is 0 Å². The Hall–Kier alpha value is -4.61. The van der Waals surface area contributed by atoms with Gasteiger partial charge in [-0.05, 0) is 66.7 Å². The number of carbonyl (C=O) groups excluding carboxylic acids is 2. The molecule has 8 heteroatoms. The van der Waals surface area contributed by atoms with Gasteiger partial charge in [-0.3, -0.25) is 14.6 Å². The number of pyridine rings is 1. The van der Waals surface area contributed by atoms with Gasteiger partial charge >= 0.3 is 0 Å². The summed E-state index contributed by atoms with van der Waals surface area (Å²) in [4.78, 5) is 29.4. The predicted octanol–water partition coefficient (Wildman–Crippen LogP) is 5.17. The summed E-state index contributed by atoms with van der Waals surface area (Å²) in [7, 11) is -2.89. The van der Waals surface area contributed by atoms with Crippen molar-refractivity contribution >= 4 is 27.2 Å². The van der Waals surface area contributed by atoms with E-state index in [1.807, 2.05) is 0 Å². The first kappa shape index (κ1) is 24.5. The van der Waals surface area contributed by atoms with E-state index in [0.29, 0.717) is 27.3 Å². The number of carbonyl (C=O) groups is 2. The minimum absolute atomic E-state index is 0.186. The average Bonchev–Trinajstić information content (AvgIpc) is 2.89. The number of nitrogens with one attached hydrogen (secondary N) is 1. The molecule has 178 valence electrons. The molecule has 0 spiro atoms. The first-order chi connectivity index (χ1) is 17.3. The third kappa shape index (κ3) is 6.29. The van der Waals surface area contributed by atoms with Crippen molar-refractivity contribution < 1.29 is 18.2 Å². The van der Waals surface area contributed by atoms with Crippen molar-refractivity contribution in [3.63, 3.8) is 0 Å². The lowest BCUT2D eigenvalue weighted by Crippen LogP contribution is -2.11. The van der Waals surface area contributed by atoms with Crippen LogP contribution in [0.15, 0.2) is 107 Å². The maximum Gasteiger partial charge on any atom is 0.286 e. The van der Waals surface area contributed by atoms with Crippen LogP contribution in [-0.2, 0) is 9.73 Å². The van der Waals surface area contributed by atoms with Crippen molar-refractivity contribution in [2.75, 3.05) is 11.6 Å². The van der Waals surface area contributed by atoms with Crippen LogP contribution in [0, 0.1) is 17.7 Å². The molecule has 4 aromatic rings. The largest absolute Gasteiger partial charge is 0.322 e. The Morgan fingerprint density at radius 1 is 0.861 bits per heavy atom. The standard InChI is InChI=1S/C28H20FN3O3S/c1-36(35,26-5-3-2-4-6-26)32-28(34)23-17-21(18-30-19-23)8-7-20-9-15-25(16-10-20)31-27(33)22-11-13-24(29)14-12-22/h2-6,9-19H,1H3,(H,31,33)/t36-/m0/s1. The summed E-state index contributed by atoms with van der Waals surface area (Å²) in [5.41, 5.74) is 2.26. The van der Waals surface area contributed by atoms with E-state index < -0.39 is 21.5 Å². The molecule has 0 unspecified atom stereocenters. The van der Waals surface area contributed by atoms with Crippen molar-refractivity contribution in [3.05, 3.63) is 125 Å². The molecule has 0 aliphatic rings. The highest BCUT2D eigenvalue weighted by atomic mass is 32.2. The molecular formula is C28H20FN3O3S. The van der Waals surface area contributed by atoms with E-state index in [0.717, 1.165) is 0 Å². The Labute approximate surface area is 208 Å². The number of hydrogen-bond donors (Lipinski definition) is 1. The van der Waals surface area contributed by atoms with E-state index in [1.165, 1.54) is 42.9 Å². The van der Waals surface area contributed by atoms with E-state index in [4.69, 9.17) is 0 Å². The first-order valence-electron chi connectivity index (χ1n) is 10.8. The lowest BCUT2D eigenvalue weighted by atomic mass is 10.1. The molecule has 4 rings (SSSR count). The number of aromatic nitrogens is 1. The highest BCUT2D eigenvalue weighted by Gasteiger charge is 2.12. The fourth-order valence-electron chi connectivity index (χ4n) is 3.15. The molecule has 1 heterocycles. The van der Waals surface area contributed by atoms with Crippen LogP contribution < -0.4 is 5.32 Å². The Balaban J connectivity index is 1.46. The summed E-state index contributed by atoms with van der Waals surface area (Å²) >= 11 is 0. The van der Waals surface area contributed by atoms with Crippen LogP contribution in [0.1, 0.15) is 31.8 Å². The van der Waals surface area contributed by atoms with E-state index in [9.17, 15) is 18.2 Å². The number of rotatable bonds is 4. The lowest BCUT2D eigenvalue weighted by molar-refractivity contribution is 0.100. The zero-order valence-corrected chi connectivity index (χ0v) is 20.0. The van der Waals surface area contributed by atoms with Crippen molar-refractivity contribution in [1.82, 2.24) is 4.98 Å². The van der Waals surface area contributed by atoms with E-state index in [2.05, 4.69) is 26.5 Å². The van der Waals surface area contributed by atoms with Gasteiger partial charge in [0.15, 0.2) is 0 Å². The fourth-order valence-corrected chi connectivity index (χ4v) is 4.34. The highest BCUT2D eigenvalue weighted by Crippen LogP contribution is 2.14. The van der Waals surface area contributed by atoms with Gasteiger partial charge in [-0.25, -0.2) is 8.60 Å². The second-order valence-corrected chi connectivity index (χ2v) is 10.0. The second-order valence-electron chi connectivity index (χ2n) is 7.76. The van der Waals surface area contributed by atoms with Gasteiger partial charge in [0.05, 0.1) is 15.3 Å². The molecule has 1 N–H and O–H groups in total. The summed E-state index contributed by atoms with van der Waals surface area (Å²) in [6, 6.07) is 22.3. The Bertz CT molecular complexity index is 1600. The van der Waals surface area contributed by atoms with Crippen molar-refractivity contribution in [2.45, 2.75) is 4.90 Å². The molecule has 2 amide bonds. The van der Waals surface area contributed by atoms with Gasteiger partial charge in [0, 0.05) is 45.9 Å². The van der Waals surface area contributed by atoms with Crippen LogP contribution in [-0.4, -0.2) is 27.3 Å². The van der Waals surface area contributed by atoms with E-state index in [1.54, 1.807) is 60.7 Å². The van der Waals surface area contributed by atoms with Crippen LogP contribution in [0.4, 0.5) is 10.1 Å². The number of hydrogen-bond acceptors (Lipinski definition) is 4. The monoisotopic (exact) mass is 497 g/mol. The molecule has 1 atom stereocenters. The summed E-state index contributed by atoms with van der Waals surface area (Å²) in [6.45, 7) is 0. The van der Waals surface area contributed by atoms with Gasteiger partial charge in [0.1, 0.15) is 5.82 Å². The predicted molar refractivity (Wildman–Crippen MR) is 137 cm³/mol. The number of amides is 2. The molecule has 6 nitrogen and oxygen atoms in total. The zero-order chi connectivity index (χ0) is 25.5. The quantitative estimate of drug-likeness (QED) is 0.394. The maximum atomic E-state index is 13.0. The van der Waals surface area contributed by atoms with E-state index in [-0.39, 0.29) is 11.5 Å². The summed E-state index contributed by atoms with van der Waals surface area (Å²) in [6.07, 6.45) is 4.29. The van der Waals surface area contributed by atoms with Gasteiger partial charge in [0.2, 0.25) is 0 Å². The van der Waals surface area contributed by atoms with Gasteiger partial charge in [-0.15, -0.1) is 0 Å². The number of benzene rings is 3. The molecule has 3 aromatic carbocycles. The van der Waals surface area contributed by atoms with Gasteiger partial charge in [0.25, 0.3) is 11.8 Å². The van der Waals surface area contributed by atoms with Gasteiger partial charge in [-0.2, -0.15) is 4.36 Å². The SMILES string of the molecule is C[S@@](=O)(=NC(=O)c1cncc(C#Cc2ccc(NC(=O)c3ccc(F)cc3)cc2)c1)c1ccccc1. The molecule has 0 saturated carbocycles. The molecular weight excluding hydrogens is 477 g/mol. The molecule has 0 saturated heterocycles. The maximum absolute atomic E-state index is 13.0. The fraction of sp³-hybridized carbons (Fsp3) is 0.0357. The average molecular weight is 498 g/mol. The van der Waals surface area contributed by atoms with Crippen LogP contribution >= 0.6 is 0 Å². The van der Waals surface area contributed by atoms with Crippen LogP contribution in [0.5, 0.6) is 0 Å². The molecule has 1 aromatic heterocycles. The lowest BCUT2D eigenvalue weighted by Gasteiger charge is -2.05.